The lowest BCUT2D eigenvalue weighted by Gasteiger charge is -2.09. The molecule has 0 atom stereocenters. The highest BCUT2D eigenvalue weighted by Gasteiger charge is 2.11. The first-order valence-corrected chi connectivity index (χ1v) is 9.48. The minimum Gasteiger partial charge on any atom is -0.497 e. The molecule has 2 aromatic heterocycles. The molecule has 0 saturated carbocycles. The van der Waals surface area contributed by atoms with E-state index in [9.17, 15) is 9.59 Å². The Morgan fingerprint density at radius 3 is 2.85 bits per heavy atom. The van der Waals surface area contributed by atoms with E-state index >= 15 is 0 Å². The molecule has 0 aliphatic rings. The Labute approximate surface area is 165 Å². The first kappa shape index (κ1) is 19.1. The molecule has 3 aromatic rings. The van der Waals surface area contributed by atoms with E-state index in [1.807, 2.05) is 23.6 Å². The van der Waals surface area contributed by atoms with Gasteiger partial charge in [0.15, 0.2) is 0 Å². The summed E-state index contributed by atoms with van der Waals surface area (Å²) in [6.45, 7) is 0.224. The van der Waals surface area contributed by atoms with Crippen LogP contribution in [-0.4, -0.2) is 30.5 Å². The van der Waals surface area contributed by atoms with Crippen molar-refractivity contribution in [1.29, 1.82) is 0 Å². The number of carbonyl (C=O) groups excluding carboxylic acids is 2. The number of benzene rings is 1. The first-order chi connectivity index (χ1) is 13.1. The third-order valence-electron chi connectivity index (χ3n) is 3.84. The van der Waals surface area contributed by atoms with Crippen LogP contribution in [-0.2, 0) is 16.1 Å². The van der Waals surface area contributed by atoms with Gasteiger partial charge in [-0.3, -0.25) is 9.59 Å². The molecule has 140 valence electrons. The highest BCUT2D eigenvalue weighted by molar-refractivity contribution is 7.08. The average molecular weight is 405 g/mol. The highest BCUT2D eigenvalue weighted by atomic mass is 35.5. The summed E-state index contributed by atoms with van der Waals surface area (Å²) in [5.41, 5.74) is 1.90. The Kier molecular flexibility index (Phi) is 6.26. The lowest BCUT2D eigenvalue weighted by molar-refractivity contribution is -0.144. The summed E-state index contributed by atoms with van der Waals surface area (Å²) < 4.78 is 10.4. The molecule has 1 N–H and O–H groups in total. The van der Waals surface area contributed by atoms with E-state index in [1.54, 1.807) is 24.6 Å². The summed E-state index contributed by atoms with van der Waals surface area (Å²) in [5, 5.41) is 7.39. The van der Waals surface area contributed by atoms with Gasteiger partial charge in [-0.05, 0) is 29.6 Å². The average Bonchev–Trinajstić information content (AvgIpc) is 3.20. The number of carbonyl (C=O) groups is 2. The fourth-order valence-corrected chi connectivity index (χ4v) is 3.24. The van der Waals surface area contributed by atoms with Gasteiger partial charge in [0.2, 0.25) is 0 Å². The van der Waals surface area contributed by atoms with Crippen molar-refractivity contribution in [2.75, 3.05) is 13.7 Å². The van der Waals surface area contributed by atoms with Crippen LogP contribution in [0, 0.1) is 0 Å². The minimum atomic E-state index is -0.425. The van der Waals surface area contributed by atoms with Crippen molar-refractivity contribution < 1.29 is 19.1 Å². The molecule has 0 radical (unpaired) electrons. The maximum atomic E-state index is 11.9. The molecule has 0 saturated heterocycles. The SMILES string of the molecule is COc1ccc2cc(COC(=O)CCNC(=O)c3ccsc3)c(Cl)nc2c1. The summed E-state index contributed by atoms with van der Waals surface area (Å²) in [6.07, 6.45) is 0.0751. The fraction of sp³-hybridized carbons (Fsp3) is 0.211. The summed E-state index contributed by atoms with van der Waals surface area (Å²) in [5.74, 6) is 0.0579. The molecule has 0 unspecified atom stereocenters. The van der Waals surface area contributed by atoms with Crippen molar-refractivity contribution in [2.45, 2.75) is 13.0 Å². The largest absolute Gasteiger partial charge is 0.497 e. The molecule has 0 spiro atoms. The number of esters is 1. The minimum absolute atomic E-state index is 0.0190. The lowest BCUT2D eigenvalue weighted by atomic mass is 10.1. The number of rotatable bonds is 7. The molecule has 6 nitrogen and oxygen atoms in total. The molecule has 0 bridgehead atoms. The van der Waals surface area contributed by atoms with Crippen molar-refractivity contribution in [3.8, 4) is 5.75 Å². The van der Waals surface area contributed by atoms with Gasteiger partial charge in [-0.15, -0.1) is 0 Å². The van der Waals surface area contributed by atoms with Crippen LogP contribution in [0.1, 0.15) is 22.3 Å². The molecular weight excluding hydrogens is 388 g/mol. The molecule has 0 aliphatic heterocycles. The number of nitrogens with zero attached hydrogens (tertiary/aromatic N) is 1. The van der Waals surface area contributed by atoms with Gasteiger partial charge in [0.05, 0.1) is 19.0 Å². The Balaban J connectivity index is 1.52. The van der Waals surface area contributed by atoms with Crippen LogP contribution in [0.3, 0.4) is 0 Å². The van der Waals surface area contributed by atoms with Crippen molar-refractivity contribution >= 4 is 45.7 Å². The zero-order valence-corrected chi connectivity index (χ0v) is 16.1. The van der Waals surface area contributed by atoms with Crippen molar-refractivity contribution in [3.05, 3.63) is 57.4 Å². The second-order valence-corrected chi connectivity index (χ2v) is 6.81. The number of amides is 1. The Bertz CT molecular complexity index is 960. The third-order valence-corrected chi connectivity index (χ3v) is 4.85. The van der Waals surface area contributed by atoms with Crippen LogP contribution >= 0.6 is 22.9 Å². The highest BCUT2D eigenvalue weighted by Crippen LogP contribution is 2.24. The number of methoxy groups -OCH3 is 1. The molecule has 3 rings (SSSR count). The van der Waals surface area contributed by atoms with Gasteiger partial charge in [-0.2, -0.15) is 11.3 Å². The van der Waals surface area contributed by atoms with Gasteiger partial charge < -0.3 is 14.8 Å². The lowest BCUT2D eigenvalue weighted by Crippen LogP contribution is -2.26. The predicted molar refractivity (Wildman–Crippen MR) is 104 cm³/mol. The zero-order valence-electron chi connectivity index (χ0n) is 14.5. The van der Waals surface area contributed by atoms with E-state index in [1.165, 1.54) is 11.3 Å². The Morgan fingerprint density at radius 1 is 1.26 bits per heavy atom. The van der Waals surface area contributed by atoms with Crippen molar-refractivity contribution in [1.82, 2.24) is 10.3 Å². The number of fused-ring (bicyclic) bond motifs is 1. The van der Waals surface area contributed by atoms with E-state index in [4.69, 9.17) is 21.1 Å². The standard InChI is InChI=1S/C19H17ClN2O4S/c1-25-15-3-2-12-8-14(18(20)22-16(12)9-15)10-26-17(23)4-6-21-19(24)13-5-7-27-11-13/h2-3,5,7-9,11H,4,6,10H2,1H3,(H,21,24). The third kappa shape index (κ3) is 4.96. The summed E-state index contributed by atoms with van der Waals surface area (Å²) in [7, 11) is 1.58. The topological polar surface area (TPSA) is 77.5 Å². The predicted octanol–water partition coefficient (Wildman–Crippen LogP) is 3.82. The summed E-state index contributed by atoms with van der Waals surface area (Å²) in [6, 6.07) is 9.03. The fourth-order valence-electron chi connectivity index (χ4n) is 2.40. The Hall–Kier alpha value is -2.64. The van der Waals surface area contributed by atoms with Gasteiger partial charge in [-0.1, -0.05) is 11.6 Å². The van der Waals surface area contributed by atoms with Crippen LogP contribution in [0.25, 0.3) is 10.9 Å². The Morgan fingerprint density at radius 2 is 2.11 bits per heavy atom. The van der Waals surface area contributed by atoms with Crippen LogP contribution in [0.4, 0.5) is 0 Å². The second kappa shape index (κ2) is 8.83. The maximum Gasteiger partial charge on any atom is 0.307 e. The monoisotopic (exact) mass is 404 g/mol. The molecule has 0 fully saturated rings. The van der Waals surface area contributed by atoms with Crippen LogP contribution in [0.15, 0.2) is 41.1 Å². The number of ether oxygens (including phenoxy) is 2. The van der Waals surface area contributed by atoms with Crippen molar-refractivity contribution in [3.63, 3.8) is 0 Å². The van der Waals surface area contributed by atoms with E-state index in [-0.39, 0.29) is 30.6 Å². The first-order valence-electron chi connectivity index (χ1n) is 8.16. The molecular formula is C19H17ClN2O4S. The number of pyridine rings is 1. The van der Waals surface area contributed by atoms with E-state index in [0.29, 0.717) is 22.4 Å². The molecule has 2 heterocycles. The zero-order chi connectivity index (χ0) is 19.2. The van der Waals surface area contributed by atoms with Gasteiger partial charge in [0.25, 0.3) is 5.91 Å². The van der Waals surface area contributed by atoms with Crippen molar-refractivity contribution in [2.24, 2.45) is 0 Å². The normalized spacial score (nSPS) is 10.6. The van der Waals surface area contributed by atoms with E-state index in [2.05, 4.69) is 10.3 Å². The summed E-state index contributed by atoms with van der Waals surface area (Å²) >= 11 is 7.63. The van der Waals surface area contributed by atoms with Crippen LogP contribution < -0.4 is 10.1 Å². The van der Waals surface area contributed by atoms with Gasteiger partial charge in [0, 0.05) is 34.5 Å². The van der Waals surface area contributed by atoms with Crippen LogP contribution in [0.2, 0.25) is 5.15 Å². The number of halogens is 1. The molecule has 27 heavy (non-hydrogen) atoms. The second-order valence-electron chi connectivity index (χ2n) is 5.68. The molecule has 8 heteroatoms. The van der Waals surface area contributed by atoms with Crippen LogP contribution in [0.5, 0.6) is 5.75 Å². The number of nitrogens with one attached hydrogen (secondary N) is 1. The van der Waals surface area contributed by atoms with Gasteiger partial charge in [-0.25, -0.2) is 4.98 Å². The molecule has 1 aromatic carbocycles. The number of thiophene rings is 1. The number of aromatic nitrogens is 1. The van der Waals surface area contributed by atoms with E-state index < -0.39 is 5.97 Å². The van der Waals surface area contributed by atoms with Gasteiger partial charge >= 0.3 is 5.97 Å². The number of hydrogen-bond donors (Lipinski definition) is 1. The van der Waals surface area contributed by atoms with E-state index in [0.717, 1.165) is 5.39 Å². The molecule has 1 amide bonds. The molecule has 0 aliphatic carbocycles. The summed E-state index contributed by atoms with van der Waals surface area (Å²) in [4.78, 5) is 28.0. The maximum absolute atomic E-state index is 11.9. The smallest absolute Gasteiger partial charge is 0.307 e. The number of hydrogen-bond acceptors (Lipinski definition) is 6. The van der Waals surface area contributed by atoms with Gasteiger partial charge in [0.1, 0.15) is 17.5 Å². The quantitative estimate of drug-likeness (QED) is 0.478.